The second kappa shape index (κ2) is 12.7. The zero-order valence-electron chi connectivity index (χ0n) is 19.1. The predicted octanol–water partition coefficient (Wildman–Crippen LogP) is 3.63. The molecule has 1 amide bonds. The largest absolute Gasteiger partial charge is 0.414 e. The molecule has 2 aromatic carbocycles. The number of carbonyl (C=O) groups excluding carboxylic acids is 1. The Bertz CT molecular complexity index is 1140. The van der Waals surface area contributed by atoms with Gasteiger partial charge in [0.1, 0.15) is 0 Å². The molecule has 0 saturated heterocycles. The van der Waals surface area contributed by atoms with Crippen molar-refractivity contribution in [1.82, 2.24) is 25.5 Å². The van der Waals surface area contributed by atoms with E-state index in [1.807, 2.05) is 45.0 Å². The van der Waals surface area contributed by atoms with Crippen molar-refractivity contribution in [1.29, 1.82) is 0 Å². The van der Waals surface area contributed by atoms with Gasteiger partial charge in [-0.05, 0) is 24.6 Å². The van der Waals surface area contributed by atoms with Crippen LogP contribution < -0.4 is 11.1 Å². The molecule has 33 heavy (non-hydrogen) atoms. The average Bonchev–Trinajstić information content (AvgIpc) is 3.36. The van der Waals surface area contributed by atoms with Crippen LogP contribution in [0.5, 0.6) is 0 Å². The fraction of sp³-hybridized carbons (Fsp3) is 0.208. The summed E-state index contributed by atoms with van der Waals surface area (Å²) in [6, 6.07) is 15.2. The highest BCUT2D eigenvalue weighted by molar-refractivity contribution is 5.68. The highest BCUT2D eigenvalue weighted by atomic mass is 16.4. The number of carbonyl (C=O) groups is 1. The molecule has 0 aliphatic rings. The van der Waals surface area contributed by atoms with Gasteiger partial charge in [0.25, 0.3) is 5.89 Å². The Kier molecular flexibility index (Phi) is 9.66. The minimum atomic E-state index is -0.0205. The number of nitrogens with one attached hydrogen (secondary N) is 1. The minimum absolute atomic E-state index is 0.0205. The molecule has 0 aliphatic carbocycles. The van der Waals surface area contributed by atoms with Crippen LogP contribution in [0.4, 0.5) is 5.82 Å². The molecule has 2 heterocycles. The van der Waals surface area contributed by atoms with Crippen molar-refractivity contribution < 1.29 is 14.3 Å². The molecule has 2 aromatic heterocycles. The summed E-state index contributed by atoms with van der Waals surface area (Å²) in [5.74, 6) is 0.767. The average molecular weight is 449 g/mol. The number of amides is 1. The van der Waals surface area contributed by atoms with Gasteiger partial charge in [0, 0.05) is 18.2 Å². The smallest absolute Gasteiger partial charge is 0.270 e. The third kappa shape index (κ3) is 6.68. The van der Waals surface area contributed by atoms with Gasteiger partial charge in [-0.3, -0.25) is 4.79 Å². The molecule has 0 unspecified atom stereocenters. The summed E-state index contributed by atoms with van der Waals surface area (Å²) in [6.07, 6.45) is 2.24. The number of rotatable bonds is 5. The van der Waals surface area contributed by atoms with Gasteiger partial charge in [0.15, 0.2) is 11.5 Å². The summed E-state index contributed by atoms with van der Waals surface area (Å²) in [7, 11) is 1.56. The van der Waals surface area contributed by atoms with Crippen LogP contribution in [0.25, 0.3) is 34.3 Å². The Hall–Kier alpha value is -4.11. The van der Waals surface area contributed by atoms with Crippen LogP contribution in [-0.4, -0.2) is 38.7 Å². The van der Waals surface area contributed by atoms with Crippen molar-refractivity contribution in [2.75, 3.05) is 12.8 Å². The van der Waals surface area contributed by atoms with Crippen molar-refractivity contribution in [3.05, 3.63) is 65.9 Å². The molecular weight excluding hydrogens is 420 g/mol. The van der Waals surface area contributed by atoms with Gasteiger partial charge in [-0.25, -0.2) is 9.97 Å². The van der Waals surface area contributed by atoms with E-state index in [0.29, 0.717) is 23.7 Å². The van der Waals surface area contributed by atoms with E-state index in [0.717, 1.165) is 22.3 Å². The van der Waals surface area contributed by atoms with Crippen molar-refractivity contribution in [2.24, 2.45) is 0 Å². The quantitative estimate of drug-likeness (QED) is 0.393. The molecule has 0 bridgehead atoms. The van der Waals surface area contributed by atoms with E-state index in [9.17, 15) is 0 Å². The molecule has 4 rings (SSSR count). The third-order valence-electron chi connectivity index (χ3n) is 4.28. The van der Waals surface area contributed by atoms with E-state index in [1.54, 1.807) is 37.5 Å². The van der Waals surface area contributed by atoms with E-state index in [4.69, 9.17) is 20.1 Å². The SMILES string of the molecule is CC.CNC=O.Cc1ccc(-c2cnc(N)c(-c3nnc(-c4ccc(CO)cc4)o3)n2)cc1. The number of aromatic nitrogens is 4. The fourth-order valence-corrected chi connectivity index (χ4v) is 2.61. The maximum atomic E-state index is 9.14. The second-order valence-electron chi connectivity index (χ2n) is 6.53. The molecular formula is C24H28N6O3. The van der Waals surface area contributed by atoms with Crippen LogP contribution in [0.15, 0.2) is 59.1 Å². The predicted molar refractivity (Wildman–Crippen MR) is 128 cm³/mol. The first-order valence-electron chi connectivity index (χ1n) is 10.4. The number of benzene rings is 2. The summed E-state index contributed by atoms with van der Waals surface area (Å²) >= 11 is 0. The summed E-state index contributed by atoms with van der Waals surface area (Å²) < 4.78 is 5.75. The van der Waals surface area contributed by atoms with Gasteiger partial charge >= 0.3 is 0 Å². The molecule has 4 N–H and O–H groups in total. The highest BCUT2D eigenvalue weighted by Crippen LogP contribution is 2.28. The van der Waals surface area contributed by atoms with Crippen molar-refractivity contribution in [3.63, 3.8) is 0 Å². The van der Waals surface area contributed by atoms with Crippen LogP contribution in [0.3, 0.4) is 0 Å². The van der Waals surface area contributed by atoms with Gasteiger partial charge < -0.3 is 20.6 Å². The van der Waals surface area contributed by atoms with Gasteiger partial charge in [-0.2, -0.15) is 0 Å². The van der Waals surface area contributed by atoms with E-state index in [-0.39, 0.29) is 18.3 Å². The number of anilines is 1. The van der Waals surface area contributed by atoms with Crippen molar-refractivity contribution in [2.45, 2.75) is 27.4 Å². The van der Waals surface area contributed by atoms with Gasteiger partial charge in [-0.1, -0.05) is 55.8 Å². The van der Waals surface area contributed by atoms with Crippen LogP contribution in [-0.2, 0) is 11.4 Å². The van der Waals surface area contributed by atoms with E-state index in [2.05, 4.69) is 25.5 Å². The van der Waals surface area contributed by atoms with Crippen LogP contribution in [0, 0.1) is 6.92 Å². The first-order valence-corrected chi connectivity index (χ1v) is 10.4. The van der Waals surface area contributed by atoms with E-state index in [1.165, 1.54) is 0 Å². The van der Waals surface area contributed by atoms with Crippen molar-refractivity contribution >= 4 is 12.2 Å². The summed E-state index contributed by atoms with van der Waals surface area (Å²) in [5, 5.41) is 19.5. The molecule has 0 atom stereocenters. The normalized spacial score (nSPS) is 9.73. The third-order valence-corrected chi connectivity index (χ3v) is 4.28. The number of nitrogen functional groups attached to an aromatic ring is 1. The lowest BCUT2D eigenvalue weighted by atomic mass is 10.1. The number of aliphatic hydroxyl groups excluding tert-OH is 1. The summed E-state index contributed by atoms with van der Waals surface area (Å²) in [6.45, 7) is 6.00. The van der Waals surface area contributed by atoms with Gasteiger partial charge in [-0.15, -0.1) is 10.2 Å². The lowest BCUT2D eigenvalue weighted by Crippen LogP contribution is -1.99. The zero-order valence-corrected chi connectivity index (χ0v) is 19.1. The molecule has 9 nitrogen and oxygen atoms in total. The van der Waals surface area contributed by atoms with Crippen LogP contribution in [0.1, 0.15) is 25.0 Å². The number of hydrogen-bond donors (Lipinski definition) is 3. The lowest BCUT2D eigenvalue weighted by molar-refractivity contribution is -0.109. The van der Waals surface area contributed by atoms with E-state index >= 15 is 0 Å². The number of aliphatic hydroxyl groups is 1. The molecule has 4 aromatic rings. The Balaban J connectivity index is 0.000000582. The minimum Gasteiger partial charge on any atom is -0.414 e. The molecule has 0 radical (unpaired) electrons. The van der Waals surface area contributed by atoms with E-state index < -0.39 is 0 Å². The molecule has 0 aliphatic heterocycles. The Morgan fingerprint density at radius 2 is 1.58 bits per heavy atom. The Morgan fingerprint density at radius 3 is 2.15 bits per heavy atom. The van der Waals surface area contributed by atoms with Gasteiger partial charge in [0.05, 0.1) is 18.5 Å². The van der Waals surface area contributed by atoms with Gasteiger partial charge in [0.2, 0.25) is 12.3 Å². The first kappa shape index (κ1) is 25.2. The molecule has 0 spiro atoms. The summed E-state index contributed by atoms with van der Waals surface area (Å²) in [4.78, 5) is 17.8. The summed E-state index contributed by atoms with van der Waals surface area (Å²) in [5.41, 5.74) is 10.6. The first-order chi connectivity index (χ1) is 16.0. The molecule has 172 valence electrons. The number of nitrogens with two attached hydrogens (primary N) is 1. The standard InChI is InChI=1S/C20H17N5O2.C2H5NO.C2H6/c1-12-2-6-14(7-3-12)16-10-22-18(21)17(23-16)20-25-24-19(27-20)15-8-4-13(11-26)5-9-15;1-3-2-4;1-2/h2-10,26H,11H2,1H3,(H2,21,22);2H,1H3,(H,3,4);1-2H3. The maximum Gasteiger partial charge on any atom is 0.270 e. The Labute approximate surface area is 192 Å². The lowest BCUT2D eigenvalue weighted by Gasteiger charge is -2.05. The number of hydrogen-bond acceptors (Lipinski definition) is 8. The molecule has 0 saturated carbocycles. The number of nitrogens with zero attached hydrogens (tertiary/aromatic N) is 4. The molecule has 9 heteroatoms. The topological polar surface area (TPSA) is 140 Å². The Morgan fingerprint density at radius 1 is 1.00 bits per heavy atom. The monoisotopic (exact) mass is 448 g/mol. The maximum absolute atomic E-state index is 9.14. The zero-order chi connectivity index (χ0) is 24.2. The van der Waals surface area contributed by atoms with Crippen LogP contribution in [0.2, 0.25) is 0 Å². The van der Waals surface area contributed by atoms with Crippen molar-refractivity contribution in [3.8, 4) is 34.3 Å². The molecule has 0 fully saturated rings. The fourth-order valence-electron chi connectivity index (χ4n) is 2.61. The highest BCUT2D eigenvalue weighted by Gasteiger charge is 2.16. The van der Waals surface area contributed by atoms with Crippen LogP contribution >= 0.6 is 0 Å². The number of aryl methyl sites for hydroxylation is 1. The second-order valence-corrected chi connectivity index (χ2v) is 6.53.